The Bertz CT molecular complexity index is 1820. The zero-order valence-electron chi connectivity index (χ0n) is 26.3. The van der Waals surface area contributed by atoms with Crippen molar-refractivity contribution >= 4 is 11.6 Å². The van der Waals surface area contributed by atoms with Gasteiger partial charge in [-0.2, -0.15) is 18.3 Å². The van der Waals surface area contributed by atoms with Crippen LogP contribution in [0.25, 0.3) is 0 Å². The summed E-state index contributed by atoms with van der Waals surface area (Å²) in [6.45, 7) is 4.84. The number of carbonyl (C=O) groups excluding carboxylic acids is 1. The van der Waals surface area contributed by atoms with E-state index >= 15 is 0 Å². The van der Waals surface area contributed by atoms with Gasteiger partial charge in [-0.1, -0.05) is 56.3 Å². The van der Waals surface area contributed by atoms with Crippen LogP contribution >= 0.6 is 0 Å². The molecular weight excluding hydrogens is 603 g/mol. The maximum Gasteiger partial charge on any atom is 0.416 e. The van der Waals surface area contributed by atoms with E-state index in [1.807, 2.05) is 60.7 Å². The lowest BCUT2D eigenvalue weighted by Gasteiger charge is -2.31. The van der Waals surface area contributed by atoms with E-state index in [1.165, 1.54) is 4.68 Å². The fraction of sp³-hybridized carbons (Fsp3) is 0.297. The molecule has 1 aliphatic rings. The quantitative estimate of drug-likeness (QED) is 0.154. The van der Waals surface area contributed by atoms with Crippen molar-refractivity contribution in [2.75, 3.05) is 4.90 Å². The molecule has 0 N–H and O–H groups in total. The van der Waals surface area contributed by atoms with Gasteiger partial charge in [-0.15, -0.1) is 0 Å². The minimum Gasteiger partial charge on any atom is -0.489 e. The molecule has 0 saturated heterocycles. The predicted octanol–water partition coefficient (Wildman–Crippen LogP) is 8.10. The molecule has 1 unspecified atom stereocenters. The van der Waals surface area contributed by atoms with E-state index in [4.69, 9.17) is 4.74 Å². The van der Waals surface area contributed by atoms with Gasteiger partial charge in [0.1, 0.15) is 12.4 Å². The molecule has 0 aliphatic heterocycles. The molecule has 7 nitrogen and oxygen atoms in total. The normalized spacial score (nSPS) is 14.6. The number of anilines is 1. The van der Waals surface area contributed by atoms with E-state index in [0.29, 0.717) is 18.7 Å². The van der Waals surface area contributed by atoms with Crippen molar-refractivity contribution in [1.29, 1.82) is 0 Å². The fourth-order valence-electron chi connectivity index (χ4n) is 5.99. The van der Waals surface area contributed by atoms with Gasteiger partial charge in [0.05, 0.1) is 48.3 Å². The molecule has 0 fully saturated rings. The number of carbonyl (C=O) groups is 1. The van der Waals surface area contributed by atoms with Crippen molar-refractivity contribution in [3.8, 4) is 5.75 Å². The Morgan fingerprint density at radius 2 is 1.83 bits per heavy atom. The Morgan fingerprint density at radius 1 is 1.00 bits per heavy atom. The van der Waals surface area contributed by atoms with Gasteiger partial charge in [-0.25, -0.2) is 0 Å². The molecule has 6 rings (SSSR count). The largest absolute Gasteiger partial charge is 0.489 e. The molecule has 10 heteroatoms. The van der Waals surface area contributed by atoms with Crippen LogP contribution in [0.5, 0.6) is 5.75 Å². The Labute approximate surface area is 272 Å². The van der Waals surface area contributed by atoms with E-state index in [1.54, 1.807) is 23.5 Å². The van der Waals surface area contributed by atoms with E-state index in [9.17, 15) is 18.0 Å². The minimum absolute atomic E-state index is 0.0578. The number of rotatable bonds is 10. The highest BCUT2D eigenvalue weighted by atomic mass is 19.4. The summed E-state index contributed by atoms with van der Waals surface area (Å²) in [7, 11) is 0. The SMILES string of the molecule is CC(C)c1ccc(N(Cc2cnn(Cc3cc(C(F)(F)F)ccn3)c2)C(=O)C2CCCc3c(OCc4ccccc4)cccc32)cn1. The summed E-state index contributed by atoms with van der Waals surface area (Å²) in [4.78, 5) is 25.0. The van der Waals surface area contributed by atoms with Gasteiger partial charge in [0.25, 0.3) is 0 Å². The van der Waals surface area contributed by atoms with Crippen molar-refractivity contribution in [1.82, 2.24) is 19.7 Å². The first-order chi connectivity index (χ1) is 22.7. The molecule has 1 aliphatic carbocycles. The van der Waals surface area contributed by atoms with Crippen LogP contribution in [0.2, 0.25) is 0 Å². The number of amides is 1. The second kappa shape index (κ2) is 13.8. The second-order valence-electron chi connectivity index (χ2n) is 12.1. The highest BCUT2D eigenvalue weighted by Crippen LogP contribution is 2.39. The zero-order chi connectivity index (χ0) is 33.0. The van der Waals surface area contributed by atoms with Crippen molar-refractivity contribution in [3.05, 3.63) is 137 Å². The highest BCUT2D eigenvalue weighted by Gasteiger charge is 2.33. The molecule has 1 amide bonds. The van der Waals surface area contributed by atoms with Crippen LogP contribution in [0.1, 0.15) is 77.7 Å². The molecule has 3 heterocycles. The number of benzene rings is 2. The van der Waals surface area contributed by atoms with E-state index < -0.39 is 11.7 Å². The number of hydrogen-bond acceptors (Lipinski definition) is 5. The lowest BCUT2D eigenvalue weighted by molar-refractivity contribution is -0.137. The molecule has 3 aromatic heterocycles. The van der Waals surface area contributed by atoms with Crippen molar-refractivity contribution < 1.29 is 22.7 Å². The van der Waals surface area contributed by atoms with Crippen molar-refractivity contribution in [2.45, 2.75) is 70.8 Å². The van der Waals surface area contributed by atoms with Crippen LogP contribution in [0, 0.1) is 0 Å². The van der Waals surface area contributed by atoms with Gasteiger partial charge < -0.3 is 9.64 Å². The number of halogens is 3. The molecule has 242 valence electrons. The number of nitrogens with zero attached hydrogens (tertiary/aromatic N) is 5. The summed E-state index contributed by atoms with van der Waals surface area (Å²) in [6, 6.07) is 21.7. The third-order valence-electron chi connectivity index (χ3n) is 8.43. The van der Waals surface area contributed by atoms with E-state index in [-0.39, 0.29) is 36.5 Å². The second-order valence-corrected chi connectivity index (χ2v) is 12.1. The molecule has 5 aromatic rings. The van der Waals surface area contributed by atoms with Gasteiger partial charge in [-0.3, -0.25) is 19.4 Å². The Balaban J connectivity index is 1.26. The summed E-state index contributed by atoms with van der Waals surface area (Å²) >= 11 is 0. The topological polar surface area (TPSA) is 73.1 Å². The van der Waals surface area contributed by atoms with Crippen molar-refractivity contribution in [2.24, 2.45) is 0 Å². The average molecular weight is 640 g/mol. The molecule has 2 aromatic carbocycles. The number of ether oxygens (including phenoxy) is 1. The summed E-state index contributed by atoms with van der Waals surface area (Å²) in [6.07, 6.45) is 4.16. The number of pyridine rings is 2. The highest BCUT2D eigenvalue weighted by molar-refractivity contribution is 5.98. The standard InChI is InChI=1S/C37H36F3N5O2/c1-25(2)34-15-14-30(20-42-34)45(22-27-19-43-44(21-27)23-29-18-28(16-17-41-29)37(38,39)40)36(46)33-12-6-11-32-31(33)10-7-13-35(32)47-24-26-8-4-3-5-9-26/h3-5,7-10,13-21,25,33H,6,11-12,22-24H2,1-2H3. The molecule has 0 radical (unpaired) electrons. The van der Waals surface area contributed by atoms with Crippen LogP contribution in [0.3, 0.4) is 0 Å². The first-order valence-corrected chi connectivity index (χ1v) is 15.7. The molecule has 0 spiro atoms. The Hall–Kier alpha value is -4.99. The van der Waals surface area contributed by atoms with E-state index in [2.05, 4.69) is 28.9 Å². The molecular formula is C37H36F3N5O2. The summed E-state index contributed by atoms with van der Waals surface area (Å²) in [5, 5.41) is 4.38. The monoisotopic (exact) mass is 639 g/mol. The van der Waals surface area contributed by atoms with Crippen LogP contribution in [-0.2, 0) is 37.1 Å². The lowest BCUT2D eigenvalue weighted by atomic mass is 9.81. The molecule has 0 saturated carbocycles. The Morgan fingerprint density at radius 3 is 2.57 bits per heavy atom. The first kappa shape index (κ1) is 32.0. The summed E-state index contributed by atoms with van der Waals surface area (Å²) in [5.74, 6) is 0.587. The van der Waals surface area contributed by atoms with Gasteiger partial charge in [0.2, 0.25) is 5.91 Å². The van der Waals surface area contributed by atoms with E-state index in [0.717, 1.165) is 64.9 Å². The average Bonchev–Trinajstić information content (AvgIpc) is 3.52. The smallest absolute Gasteiger partial charge is 0.416 e. The Kier molecular flexibility index (Phi) is 9.38. The molecule has 0 bridgehead atoms. The number of hydrogen-bond donors (Lipinski definition) is 0. The van der Waals surface area contributed by atoms with Crippen molar-refractivity contribution in [3.63, 3.8) is 0 Å². The number of alkyl halides is 3. The maximum atomic E-state index is 14.5. The fourth-order valence-corrected chi connectivity index (χ4v) is 5.99. The third-order valence-corrected chi connectivity index (χ3v) is 8.43. The minimum atomic E-state index is -4.46. The van der Waals surface area contributed by atoms with Gasteiger partial charge in [0.15, 0.2) is 0 Å². The van der Waals surface area contributed by atoms with Gasteiger partial charge in [-0.05, 0) is 72.2 Å². The maximum absolute atomic E-state index is 14.5. The number of aromatic nitrogens is 4. The zero-order valence-corrected chi connectivity index (χ0v) is 26.3. The molecule has 1 atom stereocenters. The summed E-state index contributed by atoms with van der Waals surface area (Å²) in [5.41, 5.74) is 4.89. The van der Waals surface area contributed by atoms with Crippen LogP contribution < -0.4 is 9.64 Å². The first-order valence-electron chi connectivity index (χ1n) is 15.7. The predicted molar refractivity (Wildman–Crippen MR) is 173 cm³/mol. The van der Waals surface area contributed by atoms with Crippen LogP contribution in [0.4, 0.5) is 18.9 Å². The summed E-state index contributed by atoms with van der Waals surface area (Å²) < 4.78 is 47.5. The molecule has 47 heavy (non-hydrogen) atoms. The lowest BCUT2D eigenvalue weighted by Crippen LogP contribution is -2.36. The number of fused-ring (bicyclic) bond motifs is 1. The van der Waals surface area contributed by atoms with Gasteiger partial charge in [0, 0.05) is 23.7 Å². The third kappa shape index (κ3) is 7.53. The van der Waals surface area contributed by atoms with Gasteiger partial charge >= 0.3 is 6.18 Å². The van der Waals surface area contributed by atoms with Crippen LogP contribution in [0.15, 0.2) is 97.6 Å². The van der Waals surface area contributed by atoms with Crippen LogP contribution in [-0.4, -0.2) is 25.7 Å².